The molecule has 0 aliphatic heterocycles. The quantitative estimate of drug-likeness (QED) is 0.153. The lowest BCUT2D eigenvalue weighted by molar-refractivity contribution is -0.127. The number of esters is 1. The van der Waals surface area contributed by atoms with Crippen molar-refractivity contribution in [1.82, 2.24) is 5.43 Å². The summed E-state index contributed by atoms with van der Waals surface area (Å²) in [7, 11) is 0. The summed E-state index contributed by atoms with van der Waals surface area (Å²) < 4.78 is 16.6. The average Bonchev–Trinajstić information content (AvgIpc) is 2.80. The third kappa shape index (κ3) is 7.62. The van der Waals surface area contributed by atoms with Crippen molar-refractivity contribution in [2.75, 3.05) is 6.61 Å². The maximum Gasteiger partial charge on any atom is 0.345 e. The largest absolute Gasteiger partial charge is 0.490 e. The molecule has 0 aliphatic carbocycles. The Hall–Kier alpha value is -3.26. The van der Waals surface area contributed by atoms with Gasteiger partial charge in [0.25, 0.3) is 5.91 Å². The van der Waals surface area contributed by atoms with Crippen LogP contribution in [0.25, 0.3) is 0 Å². The highest BCUT2D eigenvalue weighted by Crippen LogP contribution is 2.30. The fraction of sp³-hybridized carbons (Fsp3) is 0.160. The van der Waals surface area contributed by atoms with E-state index in [1.165, 1.54) is 18.3 Å². The molecule has 0 bridgehead atoms. The van der Waals surface area contributed by atoms with Crippen molar-refractivity contribution in [3.63, 3.8) is 0 Å². The number of hydrogen-bond donors (Lipinski definition) is 1. The molecule has 35 heavy (non-hydrogen) atoms. The number of nitrogens with zero attached hydrogens (tertiary/aromatic N) is 1. The number of amides is 1. The molecule has 3 rings (SSSR count). The molecule has 0 heterocycles. The van der Waals surface area contributed by atoms with E-state index in [1.54, 1.807) is 62.4 Å². The SMILES string of the molecule is CCOc1cc(C=NNC(=O)C(C)Oc2cccc(Cl)c2)ccc1OC(=O)c1ccc(Cl)cc1Cl. The summed E-state index contributed by atoms with van der Waals surface area (Å²) in [6.45, 7) is 3.72. The summed E-state index contributed by atoms with van der Waals surface area (Å²) in [4.78, 5) is 24.8. The van der Waals surface area contributed by atoms with Crippen LogP contribution in [0.1, 0.15) is 29.8 Å². The Kier molecular flexibility index (Phi) is 9.37. The second kappa shape index (κ2) is 12.4. The van der Waals surface area contributed by atoms with Gasteiger partial charge in [-0.15, -0.1) is 0 Å². The average molecular weight is 536 g/mol. The molecule has 1 unspecified atom stereocenters. The molecular weight excluding hydrogens is 515 g/mol. The van der Waals surface area contributed by atoms with Crippen molar-refractivity contribution in [2.45, 2.75) is 20.0 Å². The number of ether oxygens (including phenoxy) is 3. The Labute approximate surface area is 217 Å². The van der Waals surface area contributed by atoms with Crippen LogP contribution in [0, 0.1) is 0 Å². The maximum absolute atomic E-state index is 12.5. The number of hydrogen-bond acceptors (Lipinski definition) is 6. The van der Waals surface area contributed by atoms with Crippen LogP contribution in [0.5, 0.6) is 17.2 Å². The Bertz CT molecular complexity index is 1250. The fourth-order valence-corrected chi connectivity index (χ4v) is 3.49. The van der Waals surface area contributed by atoms with E-state index < -0.39 is 18.0 Å². The van der Waals surface area contributed by atoms with Gasteiger partial charge in [0.2, 0.25) is 0 Å². The minimum Gasteiger partial charge on any atom is -0.490 e. The van der Waals surface area contributed by atoms with Gasteiger partial charge in [-0.3, -0.25) is 4.79 Å². The summed E-state index contributed by atoms with van der Waals surface area (Å²) in [5.41, 5.74) is 3.18. The Balaban J connectivity index is 1.65. The first-order valence-corrected chi connectivity index (χ1v) is 11.6. The van der Waals surface area contributed by atoms with Crippen LogP contribution < -0.4 is 19.6 Å². The molecule has 0 aromatic heterocycles. The number of benzene rings is 3. The molecule has 0 radical (unpaired) electrons. The van der Waals surface area contributed by atoms with Gasteiger partial charge >= 0.3 is 5.97 Å². The highest BCUT2D eigenvalue weighted by Gasteiger charge is 2.17. The summed E-state index contributed by atoms with van der Waals surface area (Å²) in [6, 6.07) is 16.0. The zero-order valence-electron chi connectivity index (χ0n) is 18.8. The zero-order valence-corrected chi connectivity index (χ0v) is 21.0. The highest BCUT2D eigenvalue weighted by atomic mass is 35.5. The van der Waals surface area contributed by atoms with Gasteiger partial charge in [0, 0.05) is 10.0 Å². The van der Waals surface area contributed by atoms with Crippen molar-refractivity contribution < 1.29 is 23.8 Å². The summed E-state index contributed by atoms with van der Waals surface area (Å²) in [5.74, 6) is -0.117. The number of nitrogens with one attached hydrogen (secondary N) is 1. The first-order valence-electron chi connectivity index (χ1n) is 10.5. The van der Waals surface area contributed by atoms with Crippen LogP contribution in [-0.2, 0) is 4.79 Å². The van der Waals surface area contributed by atoms with Gasteiger partial charge in [-0.1, -0.05) is 40.9 Å². The lowest BCUT2D eigenvalue weighted by Gasteiger charge is -2.13. The van der Waals surface area contributed by atoms with Crippen molar-refractivity contribution in [3.05, 3.63) is 86.9 Å². The van der Waals surface area contributed by atoms with Gasteiger partial charge in [0.1, 0.15) is 5.75 Å². The summed E-state index contributed by atoms with van der Waals surface area (Å²) in [5, 5.41) is 5.04. The summed E-state index contributed by atoms with van der Waals surface area (Å²) >= 11 is 17.9. The molecule has 0 saturated heterocycles. The number of carbonyl (C=O) groups is 2. The molecule has 7 nitrogen and oxygen atoms in total. The monoisotopic (exact) mass is 534 g/mol. The Morgan fingerprint density at radius 2 is 1.77 bits per heavy atom. The molecule has 1 atom stereocenters. The fourth-order valence-electron chi connectivity index (χ4n) is 2.83. The van der Waals surface area contributed by atoms with Gasteiger partial charge in [0.15, 0.2) is 17.6 Å². The third-order valence-corrected chi connectivity index (χ3v) is 5.27. The standard InChI is InChI=1S/C25H21Cl3N2O5/c1-3-33-23-11-16(7-10-22(23)35-25(32)20-9-8-18(27)13-21(20)28)14-29-30-24(31)15(2)34-19-6-4-5-17(26)12-19/h4-15H,3H2,1-2H3,(H,30,31). The van der Waals surface area contributed by atoms with Crippen molar-refractivity contribution in [1.29, 1.82) is 0 Å². The van der Waals surface area contributed by atoms with E-state index in [9.17, 15) is 9.59 Å². The number of rotatable bonds is 9. The molecular formula is C25H21Cl3N2O5. The molecule has 0 spiro atoms. The van der Waals surface area contributed by atoms with Gasteiger partial charge < -0.3 is 14.2 Å². The van der Waals surface area contributed by atoms with E-state index >= 15 is 0 Å². The van der Waals surface area contributed by atoms with Crippen LogP contribution in [0.3, 0.4) is 0 Å². The first kappa shape index (κ1) is 26.3. The second-order valence-electron chi connectivity index (χ2n) is 7.10. The topological polar surface area (TPSA) is 86.2 Å². The van der Waals surface area contributed by atoms with Crippen LogP contribution in [0.2, 0.25) is 15.1 Å². The molecule has 0 aliphatic rings. The van der Waals surface area contributed by atoms with Gasteiger partial charge in [-0.2, -0.15) is 5.10 Å². The molecule has 1 amide bonds. The van der Waals surface area contributed by atoms with Gasteiger partial charge in [-0.05, 0) is 74.0 Å². The van der Waals surface area contributed by atoms with Gasteiger partial charge in [0.05, 0.1) is 23.4 Å². The van der Waals surface area contributed by atoms with Crippen LogP contribution in [0.4, 0.5) is 0 Å². The van der Waals surface area contributed by atoms with Crippen molar-refractivity contribution >= 4 is 52.9 Å². The number of halogens is 3. The molecule has 3 aromatic rings. The number of hydrazone groups is 1. The first-order chi connectivity index (χ1) is 16.8. The van der Waals surface area contributed by atoms with Gasteiger partial charge in [-0.25, -0.2) is 10.2 Å². The third-order valence-electron chi connectivity index (χ3n) is 4.49. The second-order valence-corrected chi connectivity index (χ2v) is 8.38. The Morgan fingerprint density at radius 3 is 2.49 bits per heavy atom. The van der Waals surface area contributed by atoms with Crippen LogP contribution in [-0.4, -0.2) is 30.8 Å². The molecule has 1 N–H and O–H groups in total. The molecule has 10 heteroatoms. The maximum atomic E-state index is 12.5. The van der Waals surface area contributed by atoms with Crippen molar-refractivity contribution in [3.8, 4) is 17.2 Å². The lowest BCUT2D eigenvalue weighted by atomic mass is 10.2. The molecule has 0 saturated carbocycles. The van der Waals surface area contributed by atoms with E-state index in [1.807, 2.05) is 0 Å². The minimum atomic E-state index is -0.800. The van der Waals surface area contributed by atoms with Crippen molar-refractivity contribution in [2.24, 2.45) is 5.10 Å². The summed E-state index contributed by atoms with van der Waals surface area (Å²) in [6.07, 6.45) is 0.625. The smallest absolute Gasteiger partial charge is 0.345 e. The predicted octanol–water partition coefficient (Wildman–Crippen LogP) is 6.18. The minimum absolute atomic E-state index is 0.168. The van der Waals surface area contributed by atoms with E-state index in [2.05, 4.69) is 10.5 Å². The lowest BCUT2D eigenvalue weighted by Crippen LogP contribution is -2.33. The predicted molar refractivity (Wildman–Crippen MR) is 136 cm³/mol. The van der Waals surface area contributed by atoms with E-state index in [-0.39, 0.29) is 16.3 Å². The Morgan fingerprint density at radius 1 is 1.00 bits per heavy atom. The van der Waals surface area contributed by atoms with E-state index in [0.29, 0.717) is 33.7 Å². The van der Waals surface area contributed by atoms with E-state index in [0.717, 1.165) is 0 Å². The van der Waals surface area contributed by atoms with Crippen LogP contribution in [0.15, 0.2) is 65.8 Å². The number of carbonyl (C=O) groups excluding carboxylic acids is 2. The molecule has 3 aromatic carbocycles. The highest BCUT2D eigenvalue weighted by molar-refractivity contribution is 6.36. The van der Waals surface area contributed by atoms with E-state index in [4.69, 9.17) is 49.0 Å². The normalized spacial score (nSPS) is 11.7. The molecule has 0 fully saturated rings. The molecule has 182 valence electrons. The van der Waals surface area contributed by atoms with Crippen LogP contribution >= 0.6 is 34.8 Å². The zero-order chi connectivity index (χ0) is 25.4.